The molecule has 1 N–H and O–H groups in total. The maximum Gasteiger partial charge on any atom is 0.160 e. The number of hydrogen-bond donors (Lipinski definition) is 1. The predicted molar refractivity (Wildman–Crippen MR) is 51.7 cm³/mol. The molecule has 0 bridgehead atoms. The molecule has 0 atom stereocenters. The van der Waals surface area contributed by atoms with Crippen molar-refractivity contribution < 1.29 is 9.90 Å². The van der Waals surface area contributed by atoms with Gasteiger partial charge in [0, 0.05) is 5.56 Å². The lowest BCUT2D eigenvalue weighted by atomic mass is 10.0. The average molecular weight is 178 g/mol. The Hall–Kier alpha value is -1.15. The number of Topliss-reactive ketones (excluding diaryl/α,β-unsaturated/α-hetero) is 1. The van der Waals surface area contributed by atoms with Crippen molar-refractivity contribution in [2.75, 3.05) is 0 Å². The quantitative estimate of drug-likeness (QED) is 0.718. The van der Waals surface area contributed by atoms with Gasteiger partial charge in [0.15, 0.2) is 5.78 Å². The zero-order valence-corrected chi connectivity index (χ0v) is 8.00. The smallest absolute Gasteiger partial charge is 0.160 e. The summed E-state index contributed by atoms with van der Waals surface area (Å²) in [7, 11) is 0. The van der Waals surface area contributed by atoms with Crippen molar-refractivity contribution in [2.24, 2.45) is 0 Å². The fourth-order valence-electron chi connectivity index (χ4n) is 1.31. The molecule has 1 aromatic rings. The second-order valence-electron chi connectivity index (χ2n) is 3.06. The monoisotopic (exact) mass is 178 g/mol. The molecule has 13 heavy (non-hydrogen) atoms. The number of rotatable bonds is 3. The van der Waals surface area contributed by atoms with E-state index in [0.717, 1.165) is 12.0 Å². The van der Waals surface area contributed by atoms with Crippen molar-refractivity contribution in [3.63, 3.8) is 0 Å². The predicted octanol–water partition coefficient (Wildman–Crippen LogP) is 1.94. The lowest BCUT2D eigenvalue weighted by Crippen LogP contribution is -2.00. The standard InChI is InChI=1S/C11H14O2/c1-3-9-4-5-10(7-12)11(6-9)8(2)13/h4-6,12H,3,7H2,1-2H3. The molecular weight excluding hydrogens is 164 g/mol. The second kappa shape index (κ2) is 4.19. The van der Waals surface area contributed by atoms with Crippen LogP contribution in [0.1, 0.15) is 35.3 Å². The van der Waals surface area contributed by atoms with Crippen molar-refractivity contribution in [1.82, 2.24) is 0 Å². The third-order valence-corrected chi connectivity index (χ3v) is 2.13. The fourth-order valence-corrected chi connectivity index (χ4v) is 1.31. The molecule has 70 valence electrons. The van der Waals surface area contributed by atoms with Gasteiger partial charge in [0.25, 0.3) is 0 Å². The highest BCUT2D eigenvalue weighted by Crippen LogP contribution is 2.13. The summed E-state index contributed by atoms with van der Waals surface area (Å²) in [6, 6.07) is 5.61. The molecule has 0 aromatic heterocycles. The average Bonchev–Trinajstić information content (AvgIpc) is 2.16. The summed E-state index contributed by atoms with van der Waals surface area (Å²) < 4.78 is 0. The summed E-state index contributed by atoms with van der Waals surface area (Å²) in [5.41, 5.74) is 2.48. The summed E-state index contributed by atoms with van der Waals surface area (Å²) in [5, 5.41) is 8.98. The lowest BCUT2D eigenvalue weighted by Gasteiger charge is -2.05. The van der Waals surface area contributed by atoms with Gasteiger partial charge in [0.2, 0.25) is 0 Å². The Balaban J connectivity index is 3.18. The van der Waals surface area contributed by atoms with E-state index in [1.165, 1.54) is 6.92 Å². The van der Waals surface area contributed by atoms with Crippen molar-refractivity contribution in [1.29, 1.82) is 0 Å². The Morgan fingerprint density at radius 3 is 2.62 bits per heavy atom. The molecule has 0 saturated carbocycles. The summed E-state index contributed by atoms with van der Waals surface area (Å²) in [6.45, 7) is 3.49. The minimum Gasteiger partial charge on any atom is -0.392 e. The maximum atomic E-state index is 11.2. The van der Waals surface area contributed by atoms with Crippen LogP contribution < -0.4 is 0 Å². The number of ketones is 1. The zero-order valence-electron chi connectivity index (χ0n) is 8.00. The SMILES string of the molecule is CCc1ccc(CO)c(C(C)=O)c1. The van der Waals surface area contributed by atoms with E-state index in [1.54, 1.807) is 0 Å². The lowest BCUT2D eigenvalue weighted by molar-refractivity contribution is 0.101. The molecule has 0 aliphatic rings. The van der Waals surface area contributed by atoms with Gasteiger partial charge in [-0.3, -0.25) is 4.79 Å². The van der Waals surface area contributed by atoms with E-state index in [1.807, 2.05) is 25.1 Å². The summed E-state index contributed by atoms with van der Waals surface area (Å²) in [5.74, 6) is 0.0133. The van der Waals surface area contributed by atoms with Gasteiger partial charge in [-0.1, -0.05) is 19.1 Å². The Morgan fingerprint density at radius 2 is 2.15 bits per heavy atom. The first-order valence-electron chi connectivity index (χ1n) is 4.42. The molecule has 2 heteroatoms. The molecule has 0 aliphatic heterocycles. The summed E-state index contributed by atoms with van der Waals surface area (Å²) in [6.07, 6.45) is 0.909. The van der Waals surface area contributed by atoms with Crippen LogP contribution in [-0.4, -0.2) is 10.9 Å². The molecule has 0 heterocycles. The van der Waals surface area contributed by atoms with Crippen LogP contribution in [0.4, 0.5) is 0 Å². The van der Waals surface area contributed by atoms with Crippen LogP contribution in [0, 0.1) is 0 Å². The van der Waals surface area contributed by atoms with Gasteiger partial charge in [0.05, 0.1) is 6.61 Å². The summed E-state index contributed by atoms with van der Waals surface area (Å²) >= 11 is 0. The van der Waals surface area contributed by atoms with Crippen molar-refractivity contribution >= 4 is 5.78 Å². The van der Waals surface area contributed by atoms with Crippen LogP contribution in [0.25, 0.3) is 0 Å². The van der Waals surface area contributed by atoms with Crippen molar-refractivity contribution in [3.05, 3.63) is 34.9 Å². The van der Waals surface area contributed by atoms with E-state index in [4.69, 9.17) is 5.11 Å². The van der Waals surface area contributed by atoms with E-state index >= 15 is 0 Å². The normalized spacial score (nSPS) is 10.1. The van der Waals surface area contributed by atoms with Gasteiger partial charge < -0.3 is 5.11 Å². The highest BCUT2D eigenvalue weighted by Gasteiger charge is 2.06. The molecule has 0 fully saturated rings. The van der Waals surface area contributed by atoms with E-state index in [-0.39, 0.29) is 12.4 Å². The van der Waals surface area contributed by atoms with Crippen LogP contribution in [0.2, 0.25) is 0 Å². The molecule has 2 nitrogen and oxygen atoms in total. The third-order valence-electron chi connectivity index (χ3n) is 2.13. The Bertz CT molecular complexity index is 316. The Morgan fingerprint density at radius 1 is 1.46 bits per heavy atom. The number of hydrogen-bond acceptors (Lipinski definition) is 2. The fraction of sp³-hybridized carbons (Fsp3) is 0.364. The molecule has 0 amide bonds. The number of aliphatic hydroxyl groups is 1. The largest absolute Gasteiger partial charge is 0.392 e. The highest BCUT2D eigenvalue weighted by molar-refractivity contribution is 5.95. The third kappa shape index (κ3) is 2.16. The van der Waals surface area contributed by atoms with E-state index in [9.17, 15) is 4.79 Å². The number of carbonyl (C=O) groups is 1. The second-order valence-corrected chi connectivity index (χ2v) is 3.06. The van der Waals surface area contributed by atoms with Gasteiger partial charge in [-0.05, 0) is 30.5 Å². The Kier molecular flexibility index (Phi) is 3.20. The van der Waals surface area contributed by atoms with Crippen molar-refractivity contribution in [2.45, 2.75) is 26.9 Å². The summed E-state index contributed by atoms with van der Waals surface area (Å²) in [4.78, 5) is 11.2. The number of aryl methyl sites for hydroxylation is 1. The van der Waals surface area contributed by atoms with E-state index < -0.39 is 0 Å². The molecule has 0 radical (unpaired) electrons. The van der Waals surface area contributed by atoms with Gasteiger partial charge in [-0.15, -0.1) is 0 Å². The van der Waals surface area contributed by atoms with Gasteiger partial charge in [-0.25, -0.2) is 0 Å². The Labute approximate surface area is 78.2 Å². The van der Waals surface area contributed by atoms with Crippen LogP contribution in [-0.2, 0) is 13.0 Å². The molecule has 1 rings (SSSR count). The van der Waals surface area contributed by atoms with Crippen molar-refractivity contribution in [3.8, 4) is 0 Å². The maximum absolute atomic E-state index is 11.2. The molecular formula is C11H14O2. The van der Waals surface area contributed by atoms with Gasteiger partial charge in [0.1, 0.15) is 0 Å². The van der Waals surface area contributed by atoms with E-state index in [0.29, 0.717) is 11.1 Å². The van der Waals surface area contributed by atoms with E-state index in [2.05, 4.69) is 0 Å². The number of carbonyl (C=O) groups excluding carboxylic acids is 1. The molecule has 0 spiro atoms. The number of benzene rings is 1. The topological polar surface area (TPSA) is 37.3 Å². The highest BCUT2D eigenvalue weighted by atomic mass is 16.3. The van der Waals surface area contributed by atoms with Crippen LogP contribution in [0.5, 0.6) is 0 Å². The molecule has 0 unspecified atom stereocenters. The number of aliphatic hydroxyl groups excluding tert-OH is 1. The first-order chi connectivity index (χ1) is 6.19. The minimum absolute atomic E-state index is 0.0133. The molecule has 0 aliphatic carbocycles. The zero-order chi connectivity index (χ0) is 9.84. The first kappa shape index (κ1) is 9.93. The van der Waals surface area contributed by atoms with Crippen LogP contribution >= 0.6 is 0 Å². The molecule has 0 saturated heterocycles. The van der Waals surface area contributed by atoms with Crippen LogP contribution in [0.3, 0.4) is 0 Å². The minimum atomic E-state index is -0.0705. The van der Waals surface area contributed by atoms with Gasteiger partial charge in [-0.2, -0.15) is 0 Å². The first-order valence-corrected chi connectivity index (χ1v) is 4.42. The van der Waals surface area contributed by atoms with Gasteiger partial charge >= 0.3 is 0 Å². The molecule has 1 aromatic carbocycles. The van der Waals surface area contributed by atoms with Crippen LogP contribution in [0.15, 0.2) is 18.2 Å².